The third-order valence-electron chi connectivity index (χ3n) is 3.96. The smallest absolute Gasteiger partial charge is 0.240 e. The SMILES string of the molecule is CC(N)C1CCN(CC(=O)Nc2cc(C(C)(C)C)no2)C1.Cl. The van der Waals surface area contributed by atoms with Crippen LogP contribution in [0.4, 0.5) is 5.88 Å². The molecule has 2 heterocycles. The van der Waals surface area contributed by atoms with Crippen molar-refractivity contribution in [1.29, 1.82) is 0 Å². The molecule has 7 heteroatoms. The van der Waals surface area contributed by atoms with Crippen LogP contribution in [-0.4, -0.2) is 41.6 Å². The third kappa shape index (κ3) is 4.97. The lowest BCUT2D eigenvalue weighted by atomic mass is 9.92. The fourth-order valence-corrected chi connectivity index (χ4v) is 2.50. The van der Waals surface area contributed by atoms with Crippen molar-refractivity contribution >= 4 is 24.2 Å². The highest BCUT2D eigenvalue weighted by molar-refractivity contribution is 5.91. The van der Waals surface area contributed by atoms with Gasteiger partial charge in [-0.1, -0.05) is 25.9 Å². The van der Waals surface area contributed by atoms with Crippen molar-refractivity contribution in [1.82, 2.24) is 10.1 Å². The van der Waals surface area contributed by atoms with Gasteiger partial charge in [-0.3, -0.25) is 15.0 Å². The molecule has 6 nitrogen and oxygen atoms in total. The number of aromatic nitrogens is 1. The van der Waals surface area contributed by atoms with Gasteiger partial charge in [0.25, 0.3) is 0 Å². The van der Waals surface area contributed by atoms with E-state index >= 15 is 0 Å². The van der Waals surface area contributed by atoms with Gasteiger partial charge in [-0.15, -0.1) is 12.4 Å². The Kier molecular flexibility index (Phi) is 6.40. The maximum absolute atomic E-state index is 12.0. The predicted molar refractivity (Wildman–Crippen MR) is 89.3 cm³/mol. The first-order valence-electron chi connectivity index (χ1n) is 7.50. The van der Waals surface area contributed by atoms with Gasteiger partial charge in [0.05, 0.1) is 12.2 Å². The Morgan fingerprint density at radius 2 is 2.27 bits per heavy atom. The molecule has 3 N–H and O–H groups in total. The van der Waals surface area contributed by atoms with Crippen molar-refractivity contribution in [3.63, 3.8) is 0 Å². The molecule has 1 aromatic rings. The van der Waals surface area contributed by atoms with Crippen molar-refractivity contribution in [2.24, 2.45) is 11.7 Å². The van der Waals surface area contributed by atoms with Crippen LogP contribution in [0.15, 0.2) is 10.6 Å². The first-order chi connectivity index (χ1) is 9.75. The molecule has 1 aliphatic heterocycles. The largest absolute Gasteiger partial charge is 0.338 e. The maximum Gasteiger partial charge on any atom is 0.240 e. The molecule has 1 amide bonds. The highest BCUT2D eigenvalue weighted by Gasteiger charge is 2.27. The minimum Gasteiger partial charge on any atom is -0.338 e. The molecule has 0 bridgehead atoms. The quantitative estimate of drug-likeness (QED) is 0.882. The summed E-state index contributed by atoms with van der Waals surface area (Å²) in [5.41, 5.74) is 6.65. The van der Waals surface area contributed by atoms with E-state index in [0.717, 1.165) is 25.2 Å². The van der Waals surface area contributed by atoms with E-state index in [4.69, 9.17) is 10.3 Å². The number of nitrogens with two attached hydrogens (primary N) is 1. The number of hydrogen-bond donors (Lipinski definition) is 2. The zero-order valence-electron chi connectivity index (χ0n) is 13.8. The summed E-state index contributed by atoms with van der Waals surface area (Å²) >= 11 is 0. The van der Waals surface area contributed by atoms with E-state index in [1.807, 2.05) is 6.92 Å². The van der Waals surface area contributed by atoms with Crippen molar-refractivity contribution < 1.29 is 9.32 Å². The fourth-order valence-electron chi connectivity index (χ4n) is 2.50. The number of amides is 1. The minimum atomic E-state index is -0.0914. The first kappa shape index (κ1) is 18.9. The molecule has 2 atom stereocenters. The molecule has 1 saturated heterocycles. The zero-order valence-corrected chi connectivity index (χ0v) is 14.6. The summed E-state index contributed by atoms with van der Waals surface area (Å²) in [6.07, 6.45) is 1.06. The van der Waals surface area contributed by atoms with Gasteiger partial charge in [-0.2, -0.15) is 0 Å². The number of hydrogen-bond acceptors (Lipinski definition) is 5. The summed E-state index contributed by atoms with van der Waals surface area (Å²) in [6.45, 7) is 10.3. The lowest BCUT2D eigenvalue weighted by Crippen LogP contribution is -2.34. The number of likely N-dealkylation sites (tertiary alicyclic amines) is 1. The predicted octanol–water partition coefficient (Wildman–Crippen LogP) is 2.00. The van der Waals surface area contributed by atoms with Gasteiger partial charge in [-0.25, -0.2) is 0 Å². The highest BCUT2D eigenvalue weighted by Crippen LogP contribution is 2.23. The average Bonchev–Trinajstić information content (AvgIpc) is 2.97. The van der Waals surface area contributed by atoms with Crippen LogP contribution in [0.2, 0.25) is 0 Å². The van der Waals surface area contributed by atoms with Crippen molar-refractivity contribution in [2.45, 2.75) is 45.6 Å². The second-order valence-electron chi connectivity index (χ2n) is 7.02. The molecule has 1 aromatic heterocycles. The standard InChI is InChI=1S/C15H26N4O2.ClH/c1-10(16)11-5-6-19(8-11)9-13(20)17-14-7-12(18-21-14)15(2,3)4;/h7,10-11H,5-6,8-9,16H2,1-4H3,(H,17,20);1H. The maximum atomic E-state index is 12.0. The normalized spacial score (nSPS) is 20.5. The summed E-state index contributed by atoms with van der Waals surface area (Å²) in [4.78, 5) is 14.2. The molecule has 1 fully saturated rings. The van der Waals surface area contributed by atoms with Crippen molar-refractivity contribution in [2.75, 3.05) is 25.0 Å². The third-order valence-corrected chi connectivity index (χ3v) is 3.96. The van der Waals surface area contributed by atoms with Gasteiger partial charge in [0.15, 0.2) is 0 Å². The Morgan fingerprint density at radius 1 is 1.59 bits per heavy atom. The monoisotopic (exact) mass is 330 g/mol. The lowest BCUT2D eigenvalue weighted by Gasteiger charge is -2.16. The molecule has 0 radical (unpaired) electrons. The second-order valence-corrected chi connectivity index (χ2v) is 7.02. The van der Waals surface area contributed by atoms with E-state index < -0.39 is 0 Å². The van der Waals surface area contributed by atoms with Crippen LogP contribution in [0.3, 0.4) is 0 Å². The molecule has 1 aliphatic rings. The summed E-state index contributed by atoms with van der Waals surface area (Å²) < 4.78 is 5.17. The van der Waals surface area contributed by atoms with Crippen LogP contribution in [-0.2, 0) is 10.2 Å². The second kappa shape index (κ2) is 7.44. The van der Waals surface area contributed by atoms with Crippen molar-refractivity contribution in [3.05, 3.63) is 11.8 Å². The number of anilines is 1. The van der Waals surface area contributed by atoms with E-state index in [0.29, 0.717) is 18.3 Å². The van der Waals surface area contributed by atoms with Crippen LogP contribution < -0.4 is 11.1 Å². The summed E-state index contributed by atoms with van der Waals surface area (Å²) in [6, 6.07) is 1.97. The van der Waals surface area contributed by atoms with Gasteiger partial charge >= 0.3 is 0 Å². The lowest BCUT2D eigenvalue weighted by molar-refractivity contribution is -0.117. The van der Waals surface area contributed by atoms with Crippen LogP contribution in [0.5, 0.6) is 0 Å². The molecule has 2 unspecified atom stereocenters. The van der Waals surface area contributed by atoms with Crippen LogP contribution >= 0.6 is 12.4 Å². The zero-order chi connectivity index (χ0) is 15.6. The molecule has 126 valence electrons. The van der Waals surface area contributed by atoms with Crippen LogP contribution in [0.1, 0.15) is 39.8 Å². The number of rotatable bonds is 4. The number of carbonyl (C=O) groups excluding carboxylic acids is 1. The van der Waals surface area contributed by atoms with Crippen LogP contribution in [0.25, 0.3) is 0 Å². The number of halogens is 1. The molecule has 0 aliphatic carbocycles. The Bertz CT molecular complexity index is 496. The highest BCUT2D eigenvalue weighted by atomic mass is 35.5. The molecule has 0 saturated carbocycles. The molecule has 0 aromatic carbocycles. The summed E-state index contributed by atoms with van der Waals surface area (Å²) in [5.74, 6) is 0.820. The molecule has 2 rings (SSSR count). The van der Waals surface area contributed by atoms with Gasteiger partial charge < -0.3 is 10.3 Å². The minimum absolute atomic E-state index is 0. The number of nitrogens with one attached hydrogen (secondary N) is 1. The Hall–Kier alpha value is -1.11. The molecule has 0 spiro atoms. The number of carbonyl (C=O) groups is 1. The summed E-state index contributed by atoms with van der Waals surface area (Å²) in [5, 5.41) is 6.75. The molecular weight excluding hydrogens is 304 g/mol. The molecular formula is C15H27ClN4O2. The fraction of sp³-hybridized carbons (Fsp3) is 0.733. The average molecular weight is 331 g/mol. The summed E-state index contributed by atoms with van der Waals surface area (Å²) in [7, 11) is 0. The van der Waals surface area contributed by atoms with Crippen molar-refractivity contribution in [3.8, 4) is 0 Å². The Balaban J connectivity index is 0.00000242. The van der Waals surface area contributed by atoms with Gasteiger partial charge in [0.2, 0.25) is 11.8 Å². The van der Waals surface area contributed by atoms with E-state index in [1.165, 1.54) is 0 Å². The molecule has 22 heavy (non-hydrogen) atoms. The van der Waals surface area contributed by atoms with Crippen LogP contribution in [0, 0.1) is 5.92 Å². The van der Waals surface area contributed by atoms with Gasteiger partial charge in [-0.05, 0) is 25.8 Å². The van der Waals surface area contributed by atoms with Gasteiger partial charge in [0.1, 0.15) is 0 Å². The topological polar surface area (TPSA) is 84.4 Å². The number of nitrogens with zero attached hydrogens (tertiary/aromatic N) is 2. The van der Waals surface area contributed by atoms with E-state index in [9.17, 15) is 4.79 Å². The van der Waals surface area contributed by atoms with Gasteiger partial charge in [0, 0.05) is 24.1 Å². The first-order valence-corrected chi connectivity index (χ1v) is 7.50. The Morgan fingerprint density at radius 3 is 2.77 bits per heavy atom. The van der Waals surface area contributed by atoms with E-state index in [2.05, 4.69) is 36.1 Å². The van der Waals surface area contributed by atoms with E-state index in [1.54, 1.807) is 6.07 Å². The van der Waals surface area contributed by atoms with E-state index in [-0.39, 0.29) is 29.8 Å². The Labute approximate surface area is 138 Å².